The summed E-state index contributed by atoms with van der Waals surface area (Å²) in [5.41, 5.74) is -0.226. The number of hydrogen-bond acceptors (Lipinski definition) is 2. The highest BCUT2D eigenvalue weighted by atomic mass is 35.5. The number of carbonyl (C=O) groups is 2. The molecule has 21 heavy (non-hydrogen) atoms. The molecule has 2 aliphatic rings. The van der Waals surface area contributed by atoms with Gasteiger partial charge in [0.25, 0.3) is 5.91 Å². The largest absolute Gasteiger partial charge is 0.329 e. The fraction of sp³-hybridized carbons (Fsp3) is 0.429. The van der Waals surface area contributed by atoms with E-state index in [1.807, 2.05) is 0 Å². The van der Waals surface area contributed by atoms with E-state index >= 15 is 0 Å². The molecule has 0 spiro atoms. The topological polar surface area (TPSA) is 40.6 Å². The van der Waals surface area contributed by atoms with Crippen LogP contribution < -0.4 is 4.90 Å². The Kier molecular flexibility index (Phi) is 3.36. The Bertz CT molecular complexity index is 614. The van der Waals surface area contributed by atoms with E-state index in [1.165, 1.54) is 11.8 Å². The van der Waals surface area contributed by atoms with Crippen LogP contribution in [-0.4, -0.2) is 35.3 Å². The molecule has 1 aromatic carbocycles. The first-order valence-electron chi connectivity index (χ1n) is 6.70. The fourth-order valence-electron chi connectivity index (χ4n) is 3.06. The van der Waals surface area contributed by atoms with Crippen LogP contribution in [-0.2, 0) is 9.59 Å². The molecule has 2 amide bonds. The summed E-state index contributed by atoms with van der Waals surface area (Å²) in [4.78, 5) is 27.5. The number of amides is 2. The molecule has 0 aliphatic carbocycles. The molecular weight excluding hydrogens is 302 g/mol. The van der Waals surface area contributed by atoms with Crippen molar-refractivity contribution in [3.63, 3.8) is 0 Å². The Morgan fingerprint density at radius 3 is 2.62 bits per heavy atom. The zero-order valence-electron chi connectivity index (χ0n) is 11.3. The molecule has 0 N–H and O–H groups in total. The molecule has 2 heterocycles. The number of benzene rings is 1. The van der Waals surface area contributed by atoms with Gasteiger partial charge in [0.05, 0.1) is 10.7 Å². The summed E-state index contributed by atoms with van der Waals surface area (Å²) < 4.78 is 27.2. The third kappa shape index (κ3) is 2.09. The average Bonchev–Trinajstić information content (AvgIpc) is 2.88. The van der Waals surface area contributed by atoms with Crippen molar-refractivity contribution < 1.29 is 18.4 Å². The molecule has 2 fully saturated rings. The van der Waals surface area contributed by atoms with Crippen LogP contribution in [0.3, 0.4) is 0 Å². The van der Waals surface area contributed by atoms with Crippen LogP contribution in [0, 0.1) is 11.6 Å². The van der Waals surface area contributed by atoms with Crippen molar-refractivity contribution >= 4 is 29.1 Å². The predicted octanol–water partition coefficient (Wildman–Crippen LogP) is 2.34. The molecule has 0 radical (unpaired) electrons. The summed E-state index contributed by atoms with van der Waals surface area (Å²) >= 11 is 5.89. The highest BCUT2D eigenvalue weighted by Gasteiger charge is 2.47. The maximum atomic E-state index is 14.1. The number of fused-ring (bicyclic) bond motifs is 1. The summed E-state index contributed by atoms with van der Waals surface area (Å²) in [6, 6.07) is 0.164. The lowest BCUT2D eigenvalue weighted by molar-refractivity contribution is -0.143. The van der Waals surface area contributed by atoms with Crippen LogP contribution in [0.4, 0.5) is 14.5 Å². The first-order chi connectivity index (χ1) is 9.91. The van der Waals surface area contributed by atoms with E-state index in [9.17, 15) is 18.4 Å². The summed E-state index contributed by atoms with van der Waals surface area (Å²) in [6.45, 7) is 2.06. The van der Waals surface area contributed by atoms with E-state index in [2.05, 4.69) is 0 Å². The first kappa shape index (κ1) is 14.3. The molecule has 0 bridgehead atoms. The molecule has 112 valence electrons. The molecule has 4 nitrogen and oxygen atoms in total. The van der Waals surface area contributed by atoms with Crippen molar-refractivity contribution in [3.05, 3.63) is 28.8 Å². The third-order valence-corrected chi connectivity index (χ3v) is 4.31. The minimum absolute atomic E-state index is 0.216. The van der Waals surface area contributed by atoms with Gasteiger partial charge < -0.3 is 4.90 Å². The van der Waals surface area contributed by atoms with Crippen LogP contribution in [0.15, 0.2) is 12.1 Å². The lowest BCUT2D eigenvalue weighted by Crippen LogP contribution is -2.62. The second-order valence-corrected chi connectivity index (χ2v) is 5.70. The minimum atomic E-state index is -0.945. The Morgan fingerprint density at radius 2 is 1.95 bits per heavy atom. The number of hydrogen-bond donors (Lipinski definition) is 0. The standard InChI is InChI=1S/C14H13ClF2N2O2/c1-7-13(20)18-4-2-3-11(18)14(21)19(7)12-9(15)5-8(16)6-10(12)17/h5-7,11H,2-4H2,1H3. The lowest BCUT2D eigenvalue weighted by atomic mass is 10.0. The summed E-state index contributed by atoms with van der Waals surface area (Å²) in [7, 11) is 0. The summed E-state index contributed by atoms with van der Waals surface area (Å²) in [6.07, 6.45) is 1.29. The van der Waals surface area contributed by atoms with Gasteiger partial charge in [0.1, 0.15) is 17.9 Å². The molecule has 3 rings (SSSR count). The Hall–Kier alpha value is -1.69. The Labute approximate surface area is 125 Å². The number of anilines is 1. The van der Waals surface area contributed by atoms with E-state index in [0.29, 0.717) is 19.0 Å². The molecule has 2 saturated heterocycles. The van der Waals surface area contributed by atoms with Gasteiger partial charge in [0.15, 0.2) is 5.82 Å². The van der Waals surface area contributed by atoms with Gasteiger partial charge in [0, 0.05) is 12.6 Å². The Balaban J connectivity index is 2.09. The van der Waals surface area contributed by atoms with Gasteiger partial charge in [0.2, 0.25) is 5.91 Å². The minimum Gasteiger partial charge on any atom is -0.329 e. The van der Waals surface area contributed by atoms with E-state index in [-0.39, 0.29) is 22.5 Å². The molecule has 0 aromatic heterocycles. The van der Waals surface area contributed by atoms with Crippen LogP contribution in [0.5, 0.6) is 0 Å². The SMILES string of the molecule is CC1C(=O)N2CCCC2C(=O)N1c1c(F)cc(F)cc1Cl. The van der Waals surface area contributed by atoms with Crippen LogP contribution >= 0.6 is 11.6 Å². The van der Waals surface area contributed by atoms with Gasteiger partial charge in [-0.25, -0.2) is 8.78 Å². The number of piperazine rings is 1. The maximum Gasteiger partial charge on any atom is 0.250 e. The lowest BCUT2D eigenvalue weighted by Gasteiger charge is -2.41. The normalized spacial score (nSPS) is 25.5. The first-order valence-corrected chi connectivity index (χ1v) is 7.07. The summed E-state index contributed by atoms with van der Waals surface area (Å²) in [5.74, 6) is -2.38. The Morgan fingerprint density at radius 1 is 1.24 bits per heavy atom. The van der Waals surface area contributed by atoms with Gasteiger partial charge in [-0.3, -0.25) is 14.5 Å². The van der Waals surface area contributed by atoms with Crippen molar-refractivity contribution in [3.8, 4) is 0 Å². The van der Waals surface area contributed by atoms with Crippen molar-refractivity contribution in [2.75, 3.05) is 11.4 Å². The van der Waals surface area contributed by atoms with E-state index in [4.69, 9.17) is 11.6 Å². The number of rotatable bonds is 1. The quantitative estimate of drug-likeness (QED) is 0.798. The van der Waals surface area contributed by atoms with E-state index in [0.717, 1.165) is 17.4 Å². The fourth-order valence-corrected chi connectivity index (χ4v) is 3.34. The molecule has 2 aliphatic heterocycles. The molecule has 2 unspecified atom stereocenters. The number of carbonyl (C=O) groups excluding carboxylic acids is 2. The molecule has 2 atom stereocenters. The molecular formula is C14H13ClF2N2O2. The highest BCUT2D eigenvalue weighted by molar-refractivity contribution is 6.34. The zero-order chi connectivity index (χ0) is 15.3. The van der Waals surface area contributed by atoms with Crippen molar-refractivity contribution in [1.29, 1.82) is 0 Å². The smallest absolute Gasteiger partial charge is 0.250 e. The van der Waals surface area contributed by atoms with E-state index < -0.39 is 23.7 Å². The monoisotopic (exact) mass is 314 g/mol. The number of halogens is 3. The van der Waals surface area contributed by atoms with Gasteiger partial charge in [-0.15, -0.1) is 0 Å². The number of nitrogens with zero attached hydrogens (tertiary/aromatic N) is 2. The third-order valence-electron chi connectivity index (χ3n) is 4.03. The van der Waals surface area contributed by atoms with Gasteiger partial charge in [-0.1, -0.05) is 11.6 Å². The maximum absolute atomic E-state index is 14.1. The van der Waals surface area contributed by atoms with Crippen molar-refractivity contribution in [1.82, 2.24) is 4.90 Å². The van der Waals surface area contributed by atoms with Crippen LogP contribution in [0.25, 0.3) is 0 Å². The molecule has 1 aromatic rings. The second-order valence-electron chi connectivity index (χ2n) is 5.29. The van der Waals surface area contributed by atoms with Crippen LogP contribution in [0.1, 0.15) is 19.8 Å². The van der Waals surface area contributed by atoms with Gasteiger partial charge >= 0.3 is 0 Å². The van der Waals surface area contributed by atoms with Crippen LogP contribution in [0.2, 0.25) is 5.02 Å². The van der Waals surface area contributed by atoms with Crippen molar-refractivity contribution in [2.45, 2.75) is 31.8 Å². The highest BCUT2D eigenvalue weighted by Crippen LogP contribution is 2.36. The van der Waals surface area contributed by atoms with E-state index in [1.54, 1.807) is 0 Å². The average molecular weight is 315 g/mol. The van der Waals surface area contributed by atoms with Gasteiger partial charge in [-0.05, 0) is 25.8 Å². The predicted molar refractivity (Wildman–Crippen MR) is 73.1 cm³/mol. The molecule has 0 saturated carbocycles. The van der Waals surface area contributed by atoms with Crippen molar-refractivity contribution in [2.24, 2.45) is 0 Å². The zero-order valence-corrected chi connectivity index (χ0v) is 12.0. The van der Waals surface area contributed by atoms with Gasteiger partial charge in [-0.2, -0.15) is 0 Å². The molecule has 7 heteroatoms. The second kappa shape index (κ2) is 4.94. The summed E-state index contributed by atoms with van der Waals surface area (Å²) in [5, 5.41) is -0.216.